The van der Waals surface area contributed by atoms with Gasteiger partial charge in [0.1, 0.15) is 5.75 Å². The monoisotopic (exact) mass is 205 g/mol. The van der Waals surface area contributed by atoms with E-state index in [9.17, 15) is 0 Å². The molecule has 1 aliphatic rings. The van der Waals surface area contributed by atoms with Gasteiger partial charge in [-0.1, -0.05) is 13.0 Å². The van der Waals surface area contributed by atoms with E-state index in [0.29, 0.717) is 12.0 Å². The van der Waals surface area contributed by atoms with Crippen molar-refractivity contribution in [3.63, 3.8) is 0 Å². The summed E-state index contributed by atoms with van der Waals surface area (Å²) in [6.07, 6.45) is 0. The van der Waals surface area contributed by atoms with Crippen LogP contribution in [0.5, 0.6) is 5.75 Å². The first kappa shape index (κ1) is 10.5. The first-order valence-corrected chi connectivity index (χ1v) is 5.52. The second-order valence-electron chi connectivity index (χ2n) is 4.56. The van der Waals surface area contributed by atoms with E-state index >= 15 is 0 Å². The molecule has 2 heteroatoms. The van der Waals surface area contributed by atoms with Crippen molar-refractivity contribution >= 4 is 0 Å². The van der Waals surface area contributed by atoms with Gasteiger partial charge in [0.25, 0.3) is 0 Å². The predicted molar refractivity (Wildman–Crippen MR) is 62.4 cm³/mol. The predicted octanol–water partition coefficient (Wildman–Crippen LogP) is 2.59. The van der Waals surface area contributed by atoms with E-state index in [1.807, 2.05) is 0 Å². The van der Waals surface area contributed by atoms with Crippen molar-refractivity contribution in [3.8, 4) is 5.75 Å². The zero-order valence-electron chi connectivity index (χ0n) is 9.92. The van der Waals surface area contributed by atoms with Crippen LogP contribution in [0.3, 0.4) is 0 Å². The zero-order chi connectivity index (χ0) is 11.0. The molecule has 1 aliphatic heterocycles. The standard InChI is InChI=1S/C13H19NO/c1-8-5-9(2)12(11(6-8)15-4)13-10(3)7-14-13/h5-6,10,13-14H,7H2,1-4H3. The summed E-state index contributed by atoms with van der Waals surface area (Å²) in [6.45, 7) is 7.66. The summed E-state index contributed by atoms with van der Waals surface area (Å²) in [4.78, 5) is 0. The summed E-state index contributed by atoms with van der Waals surface area (Å²) in [5.74, 6) is 1.73. The molecule has 82 valence electrons. The van der Waals surface area contributed by atoms with Crippen LogP contribution in [0.1, 0.15) is 29.7 Å². The number of ether oxygens (including phenoxy) is 1. The Hall–Kier alpha value is -1.02. The van der Waals surface area contributed by atoms with Gasteiger partial charge in [0, 0.05) is 18.2 Å². The molecule has 2 unspecified atom stereocenters. The summed E-state index contributed by atoms with van der Waals surface area (Å²) >= 11 is 0. The number of rotatable bonds is 2. The lowest BCUT2D eigenvalue weighted by Gasteiger charge is -2.37. The molecule has 0 bridgehead atoms. The highest BCUT2D eigenvalue weighted by molar-refractivity contribution is 5.46. The molecule has 15 heavy (non-hydrogen) atoms. The van der Waals surface area contributed by atoms with Gasteiger partial charge in [0.15, 0.2) is 0 Å². The first-order valence-electron chi connectivity index (χ1n) is 5.52. The Balaban J connectivity index is 2.44. The summed E-state index contributed by atoms with van der Waals surface area (Å²) < 4.78 is 5.47. The number of hydrogen-bond donors (Lipinski definition) is 1. The van der Waals surface area contributed by atoms with Crippen LogP contribution in [-0.2, 0) is 0 Å². The summed E-state index contributed by atoms with van der Waals surface area (Å²) in [7, 11) is 1.75. The Morgan fingerprint density at radius 2 is 2.07 bits per heavy atom. The second kappa shape index (κ2) is 3.86. The maximum Gasteiger partial charge on any atom is 0.124 e. The number of aryl methyl sites for hydroxylation is 2. The normalized spacial score (nSPS) is 24.8. The molecule has 1 saturated heterocycles. The third kappa shape index (κ3) is 1.74. The minimum atomic E-state index is 0.473. The molecule has 0 saturated carbocycles. The van der Waals surface area contributed by atoms with E-state index in [-0.39, 0.29) is 0 Å². The highest BCUT2D eigenvalue weighted by Crippen LogP contribution is 2.37. The van der Waals surface area contributed by atoms with Crippen LogP contribution < -0.4 is 10.1 Å². The Morgan fingerprint density at radius 1 is 1.33 bits per heavy atom. The summed E-state index contributed by atoms with van der Waals surface area (Å²) in [6, 6.07) is 4.82. The highest BCUT2D eigenvalue weighted by Gasteiger charge is 2.31. The Bertz CT molecular complexity index is 373. The molecule has 1 aromatic rings. The van der Waals surface area contributed by atoms with Gasteiger partial charge >= 0.3 is 0 Å². The number of benzene rings is 1. The molecule has 2 nitrogen and oxygen atoms in total. The lowest BCUT2D eigenvalue weighted by Crippen LogP contribution is -2.44. The molecule has 2 atom stereocenters. The van der Waals surface area contributed by atoms with Crippen molar-refractivity contribution in [1.82, 2.24) is 5.32 Å². The molecule has 0 aliphatic carbocycles. The van der Waals surface area contributed by atoms with Crippen LogP contribution >= 0.6 is 0 Å². The van der Waals surface area contributed by atoms with Crippen molar-refractivity contribution < 1.29 is 4.74 Å². The van der Waals surface area contributed by atoms with E-state index in [4.69, 9.17) is 4.74 Å². The number of nitrogens with one attached hydrogen (secondary N) is 1. The smallest absolute Gasteiger partial charge is 0.124 e. The van der Waals surface area contributed by atoms with Crippen LogP contribution in [0.4, 0.5) is 0 Å². The van der Waals surface area contributed by atoms with Crippen molar-refractivity contribution in [3.05, 3.63) is 28.8 Å². The number of methoxy groups -OCH3 is 1. The van der Waals surface area contributed by atoms with E-state index in [2.05, 4.69) is 38.2 Å². The third-order valence-electron chi connectivity index (χ3n) is 3.25. The largest absolute Gasteiger partial charge is 0.496 e. The topological polar surface area (TPSA) is 21.3 Å². The van der Waals surface area contributed by atoms with Crippen molar-refractivity contribution in [2.24, 2.45) is 5.92 Å². The van der Waals surface area contributed by atoms with Gasteiger partial charge in [-0.3, -0.25) is 0 Å². The minimum absolute atomic E-state index is 0.473. The molecule has 1 N–H and O–H groups in total. The van der Waals surface area contributed by atoms with Gasteiger partial charge in [-0.05, 0) is 37.0 Å². The summed E-state index contributed by atoms with van der Waals surface area (Å²) in [5, 5.41) is 3.47. The Labute approximate surface area is 91.6 Å². The van der Waals surface area contributed by atoms with Gasteiger partial charge < -0.3 is 10.1 Å². The van der Waals surface area contributed by atoms with Crippen LogP contribution in [-0.4, -0.2) is 13.7 Å². The molecule has 1 heterocycles. The Morgan fingerprint density at radius 3 is 2.53 bits per heavy atom. The molecule has 1 fully saturated rings. The van der Waals surface area contributed by atoms with Crippen molar-refractivity contribution in [1.29, 1.82) is 0 Å². The van der Waals surface area contributed by atoms with Crippen LogP contribution in [0.15, 0.2) is 12.1 Å². The quantitative estimate of drug-likeness (QED) is 0.801. The molecular weight excluding hydrogens is 186 g/mol. The fourth-order valence-electron chi connectivity index (χ4n) is 2.37. The van der Waals surface area contributed by atoms with Gasteiger partial charge in [-0.2, -0.15) is 0 Å². The third-order valence-corrected chi connectivity index (χ3v) is 3.25. The van der Waals surface area contributed by atoms with Crippen LogP contribution in [0.2, 0.25) is 0 Å². The van der Waals surface area contributed by atoms with Crippen LogP contribution in [0.25, 0.3) is 0 Å². The average molecular weight is 205 g/mol. The van der Waals surface area contributed by atoms with Gasteiger partial charge in [0.05, 0.1) is 7.11 Å². The zero-order valence-corrected chi connectivity index (χ0v) is 9.92. The van der Waals surface area contributed by atoms with Crippen molar-refractivity contribution in [2.75, 3.05) is 13.7 Å². The minimum Gasteiger partial charge on any atom is -0.496 e. The van der Waals surface area contributed by atoms with E-state index in [1.54, 1.807) is 7.11 Å². The van der Waals surface area contributed by atoms with Crippen LogP contribution in [0, 0.1) is 19.8 Å². The molecular formula is C13H19NO. The fraction of sp³-hybridized carbons (Fsp3) is 0.538. The maximum absolute atomic E-state index is 5.47. The lowest BCUT2D eigenvalue weighted by molar-refractivity contribution is 0.249. The SMILES string of the molecule is COc1cc(C)cc(C)c1C1NCC1C. The number of hydrogen-bond acceptors (Lipinski definition) is 2. The molecule has 0 radical (unpaired) electrons. The first-order chi connectivity index (χ1) is 7.13. The highest BCUT2D eigenvalue weighted by atomic mass is 16.5. The fourth-order valence-corrected chi connectivity index (χ4v) is 2.37. The molecule has 0 spiro atoms. The Kier molecular flexibility index (Phi) is 2.70. The van der Waals surface area contributed by atoms with E-state index in [1.165, 1.54) is 16.7 Å². The molecule has 1 aromatic carbocycles. The lowest BCUT2D eigenvalue weighted by atomic mass is 9.84. The second-order valence-corrected chi connectivity index (χ2v) is 4.56. The van der Waals surface area contributed by atoms with Gasteiger partial charge in [0.2, 0.25) is 0 Å². The average Bonchev–Trinajstić information content (AvgIpc) is 2.19. The van der Waals surface area contributed by atoms with E-state index in [0.717, 1.165) is 12.3 Å². The van der Waals surface area contributed by atoms with Crippen molar-refractivity contribution in [2.45, 2.75) is 26.8 Å². The molecule has 2 rings (SSSR count). The molecule has 0 amide bonds. The maximum atomic E-state index is 5.47. The summed E-state index contributed by atoms with van der Waals surface area (Å²) in [5.41, 5.74) is 3.93. The van der Waals surface area contributed by atoms with E-state index < -0.39 is 0 Å². The van der Waals surface area contributed by atoms with Gasteiger partial charge in [-0.15, -0.1) is 0 Å². The van der Waals surface area contributed by atoms with Gasteiger partial charge in [-0.25, -0.2) is 0 Å². The molecule has 0 aromatic heterocycles.